The number of carbonyl (C=O) groups excluding carboxylic acids is 1. The van der Waals surface area contributed by atoms with Gasteiger partial charge in [-0.05, 0) is 45.9 Å². The molecule has 7 nitrogen and oxygen atoms in total. The van der Waals surface area contributed by atoms with E-state index in [9.17, 15) is 4.79 Å². The Labute approximate surface area is 174 Å². The molecule has 2 heterocycles. The summed E-state index contributed by atoms with van der Waals surface area (Å²) >= 11 is 6.11. The standard InChI is InChI=1S/C21H23ClN6O/c1-13(2)27-12-20(25-15(27)4)21(29)24-11-14(3)28-8-7-19(26-28)16-5-6-17(10-23)18(22)9-16/h5-9,12-14H,11H2,1-4H3,(H,24,29). The number of nitrogens with one attached hydrogen (secondary N) is 1. The molecule has 0 saturated carbocycles. The van der Waals surface area contributed by atoms with E-state index in [1.54, 1.807) is 23.0 Å². The maximum absolute atomic E-state index is 12.4. The third-order valence-corrected chi connectivity index (χ3v) is 5.02. The zero-order valence-corrected chi connectivity index (χ0v) is 17.6. The third-order valence-electron chi connectivity index (χ3n) is 4.71. The molecule has 1 amide bonds. The Kier molecular flexibility index (Phi) is 6.04. The molecule has 0 spiro atoms. The second-order valence-corrected chi connectivity index (χ2v) is 7.63. The van der Waals surface area contributed by atoms with Crippen molar-refractivity contribution in [2.75, 3.05) is 6.54 Å². The molecule has 0 fully saturated rings. The van der Waals surface area contributed by atoms with Crippen molar-refractivity contribution in [3.63, 3.8) is 0 Å². The lowest BCUT2D eigenvalue weighted by molar-refractivity contribution is 0.0943. The number of halogens is 1. The summed E-state index contributed by atoms with van der Waals surface area (Å²) in [5, 5.41) is 16.9. The molecule has 0 aliphatic carbocycles. The van der Waals surface area contributed by atoms with Crippen molar-refractivity contribution in [3.05, 3.63) is 58.8 Å². The molecular weight excluding hydrogens is 388 g/mol. The van der Waals surface area contributed by atoms with Crippen LogP contribution in [0.2, 0.25) is 5.02 Å². The van der Waals surface area contributed by atoms with Crippen molar-refractivity contribution >= 4 is 17.5 Å². The first kappa shape index (κ1) is 20.6. The number of imidazole rings is 1. The SMILES string of the molecule is Cc1nc(C(=O)NCC(C)n2ccc(-c3ccc(C#N)c(Cl)c3)n2)cn1C(C)C. The highest BCUT2D eigenvalue weighted by Gasteiger charge is 2.15. The molecule has 2 aromatic heterocycles. The maximum atomic E-state index is 12.4. The van der Waals surface area contributed by atoms with Gasteiger partial charge in [0.05, 0.1) is 22.3 Å². The lowest BCUT2D eigenvalue weighted by Gasteiger charge is -2.13. The van der Waals surface area contributed by atoms with Crippen LogP contribution in [0.1, 0.15) is 54.7 Å². The van der Waals surface area contributed by atoms with Gasteiger partial charge in [-0.1, -0.05) is 17.7 Å². The van der Waals surface area contributed by atoms with Gasteiger partial charge in [0.1, 0.15) is 17.6 Å². The Morgan fingerprint density at radius 2 is 2.07 bits per heavy atom. The Morgan fingerprint density at radius 3 is 2.69 bits per heavy atom. The van der Waals surface area contributed by atoms with Gasteiger partial charge < -0.3 is 9.88 Å². The molecule has 1 unspecified atom stereocenters. The maximum Gasteiger partial charge on any atom is 0.271 e. The van der Waals surface area contributed by atoms with Crippen LogP contribution in [0.25, 0.3) is 11.3 Å². The highest BCUT2D eigenvalue weighted by atomic mass is 35.5. The number of hydrogen-bond acceptors (Lipinski definition) is 4. The predicted octanol–water partition coefficient (Wildman–Crippen LogP) is 4.15. The van der Waals surface area contributed by atoms with E-state index in [0.29, 0.717) is 22.8 Å². The van der Waals surface area contributed by atoms with Crippen LogP contribution in [-0.4, -0.2) is 31.8 Å². The molecule has 1 atom stereocenters. The summed E-state index contributed by atoms with van der Waals surface area (Å²) in [5.41, 5.74) is 2.43. The first-order valence-corrected chi connectivity index (χ1v) is 9.76. The van der Waals surface area contributed by atoms with E-state index >= 15 is 0 Å². The van der Waals surface area contributed by atoms with E-state index in [2.05, 4.69) is 29.2 Å². The molecule has 29 heavy (non-hydrogen) atoms. The number of carbonyl (C=O) groups is 1. The van der Waals surface area contributed by atoms with E-state index < -0.39 is 0 Å². The molecule has 0 aliphatic heterocycles. The zero-order chi connectivity index (χ0) is 21.1. The van der Waals surface area contributed by atoms with Gasteiger partial charge in [0.2, 0.25) is 0 Å². The number of nitrogens with zero attached hydrogens (tertiary/aromatic N) is 5. The van der Waals surface area contributed by atoms with Gasteiger partial charge in [-0.25, -0.2) is 4.98 Å². The number of nitriles is 1. The Hall–Kier alpha value is -3.11. The van der Waals surface area contributed by atoms with Gasteiger partial charge in [0.15, 0.2) is 0 Å². The first-order chi connectivity index (χ1) is 13.8. The van der Waals surface area contributed by atoms with Gasteiger partial charge in [-0.3, -0.25) is 9.48 Å². The van der Waals surface area contributed by atoms with Gasteiger partial charge in [-0.2, -0.15) is 10.4 Å². The highest BCUT2D eigenvalue weighted by Crippen LogP contribution is 2.24. The third kappa shape index (κ3) is 4.49. The summed E-state index contributed by atoms with van der Waals surface area (Å²) in [6, 6.07) is 9.35. The Balaban J connectivity index is 1.65. The summed E-state index contributed by atoms with van der Waals surface area (Å²) < 4.78 is 3.76. The minimum Gasteiger partial charge on any atom is -0.349 e. The lowest BCUT2D eigenvalue weighted by atomic mass is 10.1. The van der Waals surface area contributed by atoms with Crippen LogP contribution in [0, 0.1) is 18.3 Å². The quantitative estimate of drug-likeness (QED) is 0.661. The average molecular weight is 411 g/mol. The lowest BCUT2D eigenvalue weighted by Crippen LogP contribution is -2.30. The van der Waals surface area contributed by atoms with Crippen molar-refractivity contribution in [2.45, 2.75) is 39.8 Å². The van der Waals surface area contributed by atoms with Gasteiger partial charge in [0, 0.05) is 30.5 Å². The van der Waals surface area contributed by atoms with Crippen molar-refractivity contribution < 1.29 is 4.79 Å². The molecule has 1 aromatic carbocycles. The van der Waals surface area contributed by atoms with Crippen LogP contribution < -0.4 is 5.32 Å². The molecule has 0 bridgehead atoms. The molecule has 8 heteroatoms. The van der Waals surface area contributed by atoms with Gasteiger partial charge in [0.25, 0.3) is 5.91 Å². The van der Waals surface area contributed by atoms with Crippen LogP contribution >= 0.6 is 11.6 Å². The van der Waals surface area contributed by atoms with E-state index in [0.717, 1.165) is 17.1 Å². The van der Waals surface area contributed by atoms with Crippen LogP contribution in [0.3, 0.4) is 0 Å². The Bertz CT molecular complexity index is 1080. The van der Waals surface area contributed by atoms with Gasteiger partial charge >= 0.3 is 0 Å². The fourth-order valence-corrected chi connectivity index (χ4v) is 3.27. The summed E-state index contributed by atoms with van der Waals surface area (Å²) in [5.74, 6) is 0.613. The van der Waals surface area contributed by atoms with E-state index in [4.69, 9.17) is 16.9 Å². The van der Waals surface area contributed by atoms with Crippen LogP contribution in [0.15, 0.2) is 36.7 Å². The smallest absolute Gasteiger partial charge is 0.271 e. The van der Waals surface area contributed by atoms with E-state index in [1.165, 1.54) is 0 Å². The largest absolute Gasteiger partial charge is 0.349 e. The highest BCUT2D eigenvalue weighted by molar-refractivity contribution is 6.32. The van der Waals surface area contributed by atoms with Crippen molar-refractivity contribution in [2.24, 2.45) is 0 Å². The van der Waals surface area contributed by atoms with Crippen molar-refractivity contribution in [1.82, 2.24) is 24.6 Å². The van der Waals surface area contributed by atoms with Crippen LogP contribution in [0.4, 0.5) is 0 Å². The molecular formula is C21H23ClN6O. The molecule has 0 radical (unpaired) electrons. The zero-order valence-electron chi connectivity index (χ0n) is 16.8. The first-order valence-electron chi connectivity index (χ1n) is 9.39. The normalized spacial score (nSPS) is 12.0. The average Bonchev–Trinajstić information content (AvgIpc) is 3.33. The topological polar surface area (TPSA) is 88.5 Å². The number of hydrogen-bond donors (Lipinski definition) is 1. The second-order valence-electron chi connectivity index (χ2n) is 7.22. The van der Waals surface area contributed by atoms with Crippen LogP contribution in [0.5, 0.6) is 0 Å². The number of aromatic nitrogens is 4. The second kappa shape index (κ2) is 8.50. The minimum absolute atomic E-state index is 0.0464. The van der Waals surface area contributed by atoms with E-state index in [1.807, 2.05) is 42.8 Å². The van der Waals surface area contributed by atoms with Crippen molar-refractivity contribution in [1.29, 1.82) is 5.26 Å². The number of amides is 1. The molecule has 1 N–H and O–H groups in total. The summed E-state index contributed by atoms with van der Waals surface area (Å²) in [7, 11) is 0. The van der Waals surface area contributed by atoms with Gasteiger partial charge in [-0.15, -0.1) is 0 Å². The summed E-state index contributed by atoms with van der Waals surface area (Å²) in [6.07, 6.45) is 3.64. The number of benzene rings is 1. The van der Waals surface area contributed by atoms with E-state index in [-0.39, 0.29) is 18.0 Å². The molecule has 3 aromatic rings. The number of aryl methyl sites for hydroxylation is 1. The molecule has 0 aliphatic rings. The minimum atomic E-state index is -0.203. The fraction of sp³-hybridized carbons (Fsp3) is 0.333. The summed E-state index contributed by atoms with van der Waals surface area (Å²) in [4.78, 5) is 16.8. The van der Waals surface area contributed by atoms with Crippen LogP contribution in [-0.2, 0) is 0 Å². The molecule has 0 saturated heterocycles. The molecule has 150 valence electrons. The fourth-order valence-electron chi connectivity index (χ4n) is 3.05. The summed E-state index contributed by atoms with van der Waals surface area (Å²) in [6.45, 7) is 8.38. The van der Waals surface area contributed by atoms with Crippen molar-refractivity contribution in [3.8, 4) is 17.3 Å². The number of rotatable bonds is 6. The Morgan fingerprint density at radius 1 is 1.31 bits per heavy atom. The monoisotopic (exact) mass is 410 g/mol. The molecule has 3 rings (SSSR count). The predicted molar refractivity (Wildman–Crippen MR) is 112 cm³/mol.